The molecule has 0 N–H and O–H groups in total. The number of benzene rings is 2. The van der Waals surface area contributed by atoms with Gasteiger partial charge in [-0.25, -0.2) is 4.79 Å². The summed E-state index contributed by atoms with van der Waals surface area (Å²) in [5.41, 5.74) is 0.681. The molecule has 0 unspecified atom stereocenters. The Morgan fingerprint density at radius 2 is 2.00 bits per heavy atom. The number of carbonyl (C=O) groups is 2. The van der Waals surface area contributed by atoms with E-state index < -0.39 is 11.6 Å². The van der Waals surface area contributed by atoms with Gasteiger partial charge in [-0.15, -0.1) is 0 Å². The van der Waals surface area contributed by atoms with Gasteiger partial charge in [0.2, 0.25) is 0 Å². The molecule has 0 amide bonds. The van der Waals surface area contributed by atoms with Crippen LogP contribution in [0.25, 0.3) is 10.8 Å². The van der Waals surface area contributed by atoms with Crippen LogP contribution >= 0.6 is 0 Å². The highest BCUT2D eigenvalue weighted by Crippen LogP contribution is 2.49. The summed E-state index contributed by atoms with van der Waals surface area (Å²) in [6.07, 6.45) is 1.38. The van der Waals surface area contributed by atoms with Gasteiger partial charge in [0.05, 0.1) is 7.11 Å². The van der Waals surface area contributed by atoms with Gasteiger partial charge in [-0.1, -0.05) is 26.0 Å². The van der Waals surface area contributed by atoms with Gasteiger partial charge in [0.25, 0.3) is 0 Å². The summed E-state index contributed by atoms with van der Waals surface area (Å²) in [4.78, 5) is 25.4. The lowest BCUT2D eigenvalue weighted by atomic mass is 9.74. The van der Waals surface area contributed by atoms with E-state index in [9.17, 15) is 9.59 Å². The van der Waals surface area contributed by atoms with Crippen LogP contribution < -0.4 is 4.74 Å². The third-order valence-corrected chi connectivity index (χ3v) is 5.62. The van der Waals surface area contributed by atoms with E-state index in [0.717, 1.165) is 17.2 Å². The molecule has 1 fully saturated rings. The fraction of sp³-hybridized carbons (Fsp3) is 0.391. The highest BCUT2D eigenvalue weighted by Gasteiger charge is 2.51. The van der Waals surface area contributed by atoms with Crippen LogP contribution in [-0.4, -0.2) is 25.5 Å². The zero-order chi connectivity index (χ0) is 20.1. The summed E-state index contributed by atoms with van der Waals surface area (Å²) in [6.45, 7) is 5.82. The predicted octanol–water partition coefficient (Wildman–Crippen LogP) is 4.52. The number of ketones is 1. The summed E-state index contributed by atoms with van der Waals surface area (Å²) in [7, 11) is 1.62. The number of Topliss-reactive ketones (excluding diaryl/α,β-unsaturated/α-hetero) is 1. The second kappa shape index (κ2) is 6.66. The summed E-state index contributed by atoms with van der Waals surface area (Å²) >= 11 is 0. The maximum absolute atomic E-state index is 13.1. The van der Waals surface area contributed by atoms with Crippen molar-refractivity contribution in [1.82, 2.24) is 0 Å². The van der Waals surface area contributed by atoms with Crippen LogP contribution in [0.3, 0.4) is 0 Å². The Morgan fingerprint density at radius 1 is 1.21 bits per heavy atom. The second-order valence-corrected chi connectivity index (χ2v) is 7.88. The van der Waals surface area contributed by atoms with Crippen molar-refractivity contribution in [1.29, 1.82) is 0 Å². The van der Waals surface area contributed by atoms with Crippen molar-refractivity contribution in [2.75, 3.05) is 13.7 Å². The number of carbonyl (C=O) groups excluding carboxylic acids is 2. The summed E-state index contributed by atoms with van der Waals surface area (Å²) in [5, 5.41) is 1.78. The van der Waals surface area contributed by atoms with E-state index in [0.29, 0.717) is 40.5 Å². The minimum Gasteiger partial charge on any atom is -0.496 e. The Balaban J connectivity index is 2.02. The van der Waals surface area contributed by atoms with E-state index in [-0.39, 0.29) is 12.4 Å². The van der Waals surface area contributed by atoms with Gasteiger partial charge in [0.15, 0.2) is 23.8 Å². The van der Waals surface area contributed by atoms with Crippen LogP contribution in [0, 0.1) is 5.92 Å². The number of hydrogen-bond acceptors (Lipinski definition) is 5. The van der Waals surface area contributed by atoms with E-state index in [2.05, 4.69) is 13.8 Å². The van der Waals surface area contributed by atoms with Crippen molar-refractivity contribution < 1.29 is 23.8 Å². The first-order chi connectivity index (χ1) is 13.4. The molecule has 1 aliphatic heterocycles. The van der Waals surface area contributed by atoms with Crippen molar-refractivity contribution >= 4 is 22.5 Å². The number of methoxy groups -OCH3 is 1. The van der Waals surface area contributed by atoms with Gasteiger partial charge in [-0.05, 0) is 49.3 Å². The molecule has 5 nitrogen and oxygen atoms in total. The molecule has 0 spiro atoms. The first-order valence-corrected chi connectivity index (χ1v) is 9.59. The van der Waals surface area contributed by atoms with Crippen molar-refractivity contribution in [3.63, 3.8) is 0 Å². The molecule has 1 atom stereocenters. The van der Waals surface area contributed by atoms with E-state index in [4.69, 9.17) is 14.2 Å². The van der Waals surface area contributed by atoms with Crippen LogP contribution in [0.5, 0.6) is 5.75 Å². The van der Waals surface area contributed by atoms with Crippen LogP contribution in [0.4, 0.5) is 0 Å². The van der Waals surface area contributed by atoms with Crippen molar-refractivity contribution in [2.24, 2.45) is 5.92 Å². The maximum Gasteiger partial charge on any atom is 0.345 e. The van der Waals surface area contributed by atoms with Crippen LogP contribution in [0.15, 0.2) is 41.7 Å². The van der Waals surface area contributed by atoms with Crippen LogP contribution in [0.2, 0.25) is 0 Å². The Morgan fingerprint density at radius 3 is 2.71 bits per heavy atom. The van der Waals surface area contributed by atoms with E-state index in [1.165, 1.54) is 0 Å². The van der Waals surface area contributed by atoms with Gasteiger partial charge >= 0.3 is 5.97 Å². The van der Waals surface area contributed by atoms with Gasteiger partial charge in [-0.3, -0.25) is 4.79 Å². The lowest BCUT2D eigenvalue weighted by Crippen LogP contribution is -2.46. The molecule has 1 aliphatic carbocycles. The molecular formula is C23H24O5. The molecule has 0 radical (unpaired) electrons. The number of fused-ring (bicyclic) bond motifs is 4. The monoisotopic (exact) mass is 380 g/mol. The number of ether oxygens (including phenoxy) is 3. The predicted molar refractivity (Wildman–Crippen MR) is 105 cm³/mol. The SMILES string of the molecule is COc1cccc2cc3c(cc12)[C@]1(CCC(C)C)OC(=O)COC1=C(C)C3=O. The number of allylic oxidation sites excluding steroid dienone is 1. The Labute approximate surface area is 164 Å². The molecular weight excluding hydrogens is 356 g/mol. The molecule has 2 aromatic carbocycles. The van der Waals surface area contributed by atoms with Crippen LogP contribution in [0.1, 0.15) is 49.5 Å². The molecule has 2 aliphatic rings. The van der Waals surface area contributed by atoms with Crippen LogP contribution in [-0.2, 0) is 19.9 Å². The van der Waals surface area contributed by atoms with E-state index in [1.807, 2.05) is 30.3 Å². The molecule has 4 rings (SSSR count). The summed E-state index contributed by atoms with van der Waals surface area (Å²) < 4.78 is 17.3. The highest BCUT2D eigenvalue weighted by atomic mass is 16.6. The first-order valence-electron chi connectivity index (χ1n) is 9.59. The summed E-state index contributed by atoms with van der Waals surface area (Å²) in [6, 6.07) is 9.52. The Hall–Kier alpha value is -2.82. The molecule has 0 bridgehead atoms. The Bertz CT molecular complexity index is 1020. The lowest BCUT2D eigenvalue weighted by molar-refractivity contribution is -0.180. The molecule has 28 heavy (non-hydrogen) atoms. The molecule has 0 aromatic heterocycles. The average molecular weight is 380 g/mol. The number of hydrogen-bond donors (Lipinski definition) is 0. The largest absolute Gasteiger partial charge is 0.496 e. The quantitative estimate of drug-likeness (QED) is 0.730. The molecule has 0 saturated carbocycles. The van der Waals surface area contributed by atoms with Crippen molar-refractivity contribution in [2.45, 2.75) is 39.2 Å². The van der Waals surface area contributed by atoms with E-state index in [1.54, 1.807) is 14.0 Å². The zero-order valence-corrected chi connectivity index (χ0v) is 16.6. The minimum atomic E-state index is -1.07. The van der Waals surface area contributed by atoms with E-state index >= 15 is 0 Å². The Kier molecular flexibility index (Phi) is 4.41. The second-order valence-electron chi connectivity index (χ2n) is 7.88. The summed E-state index contributed by atoms with van der Waals surface area (Å²) in [5.74, 6) is 1.09. The molecule has 1 heterocycles. The van der Waals surface area contributed by atoms with Gasteiger partial charge < -0.3 is 14.2 Å². The van der Waals surface area contributed by atoms with Gasteiger partial charge in [0.1, 0.15) is 5.75 Å². The standard InChI is InChI=1S/C23H24O5/c1-13(2)8-9-23-18-11-16-15(6-5-7-19(16)26-4)10-17(18)21(25)14(3)22(23)27-12-20(24)28-23/h5-7,10-11,13H,8-9,12H2,1-4H3/t23-/m0/s1. The minimum absolute atomic E-state index is 0.0900. The molecule has 1 saturated heterocycles. The molecule has 2 aromatic rings. The first kappa shape index (κ1) is 18.5. The third kappa shape index (κ3) is 2.68. The van der Waals surface area contributed by atoms with Crippen molar-refractivity contribution in [3.05, 3.63) is 52.8 Å². The average Bonchev–Trinajstić information content (AvgIpc) is 2.69. The number of esters is 1. The zero-order valence-electron chi connectivity index (χ0n) is 16.6. The smallest absolute Gasteiger partial charge is 0.345 e. The third-order valence-electron chi connectivity index (χ3n) is 5.62. The van der Waals surface area contributed by atoms with Gasteiger partial charge in [-0.2, -0.15) is 0 Å². The number of rotatable bonds is 4. The fourth-order valence-electron chi connectivity index (χ4n) is 4.20. The topological polar surface area (TPSA) is 61.8 Å². The molecule has 5 heteroatoms. The molecule has 146 valence electrons. The highest BCUT2D eigenvalue weighted by molar-refractivity contribution is 6.14. The van der Waals surface area contributed by atoms with Gasteiger partial charge in [0, 0.05) is 22.1 Å². The normalized spacial score (nSPS) is 21.3. The lowest BCUT2D eigenvalue weighted by Gasteiger charge is -2.43. The fourth-order valence-corrected chi connectivity index (χ4v) is 4.20. The van der Waals surface area contributed by atoms with Crippen molar-refractivity contribution in [3.8, 4) is 5.75 Å². The maximum atomic E-state index is 13.1.